The van der Waals surface area contributed by atoms with Crippen molar-refractivity contribution < 1.29 is 0 Å². The van der Waals surface area contributed by atoms with Gasteiger partial charge < -0.3 is 0 Å². The van der Waals surface area contributed by atoms with Crippen LogP contribution in [0.3, 0.4) is 0 Å². The standard InChI is InChI=1S/C7H16.2C3H8.C2H6/c1-3-5-7-6-4-2;2*1-3-2;1-2/h3-7H2,1-2H3;2*3H2,1-2H3;1-2H3. The maximum Gasteiger partial charge on any atom is -0.0533 e. The van der Waals surface area contributed by atoms with E-state index in [4.69, 9.17) is 0 Å². The molecule has 0 aromatic carbocycles. The number of hydrogen-bond acceptors (Lipinski definition) is 0. The van der Waals surface area contributed by atoms with Gasteiger partial charge in [-0.2, -0.15) is 0 Å². The van der Waals surface area contributed by atoms with Crippen LogP contribution in [0, 0.1) is 0 Å². The molecule has 0 nitrogen and oxygen atoms in total. The van der Waals surface area contributed by atoms with Crippen LogP contribution < -0.4 is 0 Å². The average molecular weight is 218 g/mol. The van der Waals surface area contributed by atoms with E-state index in [1.54, 1.807) is 0 Å². The van der Waals surface area contributed by atoms with Crippen molar-refractivity contribution in [1.82, 2.24) is 0 Å². The quantitative estimate of drug-likeness (QED) is 0.453. The molecular formula is C15H38. The summed E-state index contributed by atoms with van der Waals surface area (Å²) in [5, 5.41) is 0. The molecule has 0 unspecified atom stereocenters. The van der Waals surface area contributed by atoms with Crippen molar-refractivity contribution >= 4 is 0 Å². The highest BCUT2D eigenvalue weighted by Gasteiger charge is 1.80. The lowest BCUT2D eigenvalue weighted by Crippen LogP contribution is -1.70. The molecule has 0 atom stereocenters. The minimum atomic E-state index is 1.25. The van der Waals surface area contributed by atoms with Crippen LogP contribution in [0.15, 0.2) is 0 Å². The van der Waals surface area contributed by atoms with Crippen molar-refractivity contribution in [1.29, 1.82) is 0 Å². The summed E-state index contributed by atoms with van der Waals surface area (Å²) in [6.07, 6.45) is 9.51. The normalized spacial score (nSPS) is 7.20. The fraction of sp³-hybridized carbons (Fsp3) is 1.00. The third-order valence-corrected chi connectivity index (χ3v) is 1.21. The summed E-state index contributed by atoms with van der Waals surface area (Å²) < 4.78 is 0. The molecule has 0 bridgehead atoms. The predicted octanol–water partition coefficient (Wildman–Crippen LogP) is 6.84. The molecule has 0 heteroatoms. The van der Waals surface area contributed by atoms with Crippen molar-refractivity contribution in [2.75, 3.05) is 0 Å². The second-order valence-corrected chi connectivity index (χ2v) is 3.47. The lowest BCUT2D eigenvalue weighted by atomic mass is 10.2. The van der Waals surface area contributed by atoms with Gasteiger partial charge in [-0.15, -0.1) is 0 Å². The summed E-state index contributed by atoms with van der Waals surface area (Å²) in [6, 6.07) is 0. The molecule has 0 N–H and O–H groups in total. The zero-order valence-electron chi connectivity index (χ0n) is 12.9. The highest BCUT2D eigenvalue weighted by molar-refractivity contribution is 4.35. The van der Waals surface area contributed by atoms with E-state index >= 15 is 0 Å². The van der Waals surface area contributed by atoms with E-state index in [1.807, 2.05) is 13.8 Å². The first-order chi connectivity index (χ1) is 7.24. The number of rotatable bonds is 4. The van der Waals surface area contributed by atoms with Crippen molar-refractivity contribution in [2.24, 2.45) is 0 Å². The van der Waals surface area contributed by atoms with Crippen LogP contribution in [0.4, 0.5) is 0 Å². The second kappa shape index (κ2) is 48.3. The fourth-order valence-electron chi connectivity index (χ4n) is 0.677. The van der Waals surface area contributed by atoms with Crippen LogP contribution in [-0.2, 0) is 0 Å². The zero-order valence-corrected chi connectivity index (χ0v) is 12.9. The molecule has 0 heterocycles. The van der Waals surface area contributed by atoms with Gasteiger partial charge in [0.15, 0.2) is 0 Å². The van der Waals surface area contributed by atoms with Crippen molar-refractivity contribution in [2.45, 2.75) is 100 Å². The Balaban J connectivity index is -0.0000000638. The van der Waals surface area contributed by atoms with Crippen molar-refractivity contribution in [3.05, 3.63) is 0 Å². The van der Waals surface area contributed by atoms with Crippen LogP contribution in [0.2, 0.25) is 0 Å². The molecule has 0 aliphatic rings. The molecule has 0 aliphatic carbocycles. The topological polar surface area (TPSA) is 0 Å². The van der Waals surface area contributed by atoms with Crippen LogP contribution in [0.5, 0.6) is 0 Å². The largest absolute Gasteiger partial charge is 0.0683 e. The Bertz CT molecular complexity index is 33.3. The lowest BCUT2D eigenvalue weighted by Gasteiger charge is -1.90. The zero-order chi connectivity index (χ0) is 12.9. The average Bonchev–Trinajstić information content (AvgIpc) is 2.24. The van der Waals surface area contributed by atoms with Crippen LogP contribution >= 0.6 is 0 Å². The van der Waals surface area contributed by atoms with Crippen LogP contribution in [-0.4, -0.2) is 0 Å². The van der Waals surface area contributed by atoms with Crippen LogP contribution in [0.25, 0.3) is 0 Å². The smallest absolute Gasteiger partial charge is 0.0533 e. The number of unbranched alkanes of at least 4 members (excludes halogenated alkanes) is 4. The van der Waals surface area contributed by atoms with Crippen LogP contribution in [0.1, 0.15) is 100 Å². The highest BCUT2D eigenvalue weighted by Crippen LogP contribution is 2.00. The summed E-state index contributed by atoms with van der Waals surface area (Å²) in [6.45, 7) is 17.0. The first-order valence-electron chi connectivity index (χ1n) is 7.24. The molecule has 0 fully saturated rings. The monoisotopic (exact) mass is 218 g/mol. The fourth-order valence-corrected chi connectivity index (χ4v) is 0.677. The van der Waals surface area contributed by atoms with Gasteiger partial charge in [0.05, 0.1) is 0 Å². The minimum absolute atomic E-state index is 1.25. The van der Waals surface area contributed by atoms with E-state index in [0.717, 1.165) is 0 Å². The summed E-state index contributed by atoms with van der Waals surface area (Å²) in [5.74, 6) is 0. The minimum Gasteiger partial charge on any atom is -0.0683 e. The summed E-state index contributed by atoms with van der Waals surface area (Å²) in [5.41, 5.74) is 0. The summed E-state index contributed by atoms with van der Waals surface area (Å²) in [4.78, 5) is 0. The third-order valence-electron chi connectivity index (χ3n) is 1.21. The molecule has 0 rings (SSSR count). The van der Waals surface area contributed by atoms with E-state index in [2.05, 4.69) is 41.5 Å². The van der Waals surface area contributed by atoms with Gasteiger partial charge >= 0.3 is 0 Å². The Kier molecular flexibility index (Phi) is 78.2. The molecule has 98 valence electrons. The third kappa shape index (κ3) is 126. The molecule has 0 aromatic heterocycles. The first kappa shape index (κ1) is 24.3. The summed E-state index contributed by atoms with van der Waals surface area (Å²) >= 11 is 0. The molecule has 15 heavy (non-hydrogen) atoms. The second-order valence-electron chi connectivity index (χ2n) is 3.47. The molecular weight excluding hydrogens is 180 g/mol. The maximum atomic E-state index is 2.25. The van der Waals surface area contributed by atoms with Gasteiger partial charge in [0.2, 0.25) is 0 Å². The first-order valence-corrected chi connectivity index (χ1v) is 7.24. The SMILES string of the molecule is CC.CCC.CCC.CCCCCCC. The van der Waals surface area contributed by atoms with E-state index in [1.165, 1.54) is 44.9 Å². The molecule has 0 saturated carbocycles. The predicted molar refractivity (Wildman–Crippen MR) is 77.7 cm³/mol. The Morgan fingerprint density at radius 2 is 0.667 bits per heavy atom. The summed E-state index contributed by atoms with van der Waals surface area (Å²) in [7, 11) is 0. The van der Waals surface area contributed by atoms with Gasteiger partial charge in [-0.3, -0.25) is 0 Å². The molecule has 0 saturated heterocycles. The van der Waals surface area contributed by atoms with E-state index in [0.29, 0.717) is 0 Å². The molecule has 0 spiro atoms. The molecule has 0 aromatic rings. The Hall–Kier alpha value is 0. The Morgan fingerprint density at radius 3 is 0.800 bits per heavy atom. The Labute approximate surface area is 101 Å². The van der Waals surface area contributed by atoms with Gasteiger partial charge in [-0.25, -0.2) is 0 Å². The van der Waals surface area contributed by atoms with Gasteiger partial charge in [0.1, 0.15) is 0 Å². The van der Waals surface area contributed by atoms with Crippen molar-refractivity contribution in [3.8, 4) is 0 Å². The molecule has 0 amide bonds. The Morgan fingerprint density at radius 1 is 0.467 bits per heavy atom. The molecule has 0 aliphatic heterocycles. The maximum absolute atomic E-state index is 2.25. The van der Waals surface area contributed by atoms with Crippen molar-refractivity contribution in [3.63, 3.8) is 0 Å². The lowest BCUT2D eigenvalue weighted by molar-refractivity contribution is 0.656. The van der Waals surface area contributed by atoms with Gasteiger partial charge in [0.25, 0.3) is 0 Å². The van der Waals surface area contributed by atoms with Gasteiger partial charge in [0, 0.05) is 0 Å². The van der Waals surface area contributed by atoms with E-state index in [9.17, 15) is 0 Å². The van der Waals surface area contributed by atoms with Gasteiger partial charge in [-0.1, -0.05) is 100 Å². The molecule has 0 radical (unpaired) electrons. The number of hydrogen-bond donors (Lipinski definition) is 0. The highest BCUT2D eigenvalue weighted by atomic mass is 13.9. The van der Waals surface area contributed by atoms with Gasteiger partial charge in [-0.05, 0) is 0 Å². The van der Waals surface area contributed by atoms with E-state index < -0.39 is 0 Å². The van der Waals surface area contributed by atoms with E-state index in [-0.39, 0.29) is 0 Å².